The molecule has 0 aliphatic rings. The van der Waals surface area contributed by atoms with Gasteiger partial charge in [-0.05, 0) is 18.2 Å². The number of hydrogen-bond acceptors (Lipinski definition) is 4. The fraction of sp³-hybridized carbons (Fsp3) is 0. The number of carbonyl (C=O) groups is 1. The normalized spacial score (nSPS) is 10.4. The Hall–Kier alpha value is -2.77. The molecule has 0 radical (unpaired) electrons. The van der Waals surface area contributed by atoms with Crippen LogP contribution in [0.25, 0.3) is 5.69 Å². The first-order chi connectivity index (χ1) is 8.00. The van der Waals surface area contributed by atoms with E-state index in [9.17, 15) is 19.5 Å². The van der Waals surface area contributed by atoms with Crippen LogP contribution >= 0.6 is 0 Å². The van der Waals surface area contributed by atoms with Crippen LogP contribution in [0, 0.1) is 0 Å². The highest BCUT2D eigenvalue weighted by molar-refractivity contribution is 5.91. The lowest BCUT2D eigenvalue weighted by Crippen LogP contribution is -2.24. The van der Waals surface area contributed by atoms with E-state index in [1.165, 1.54) is 6.07 Å². The van der Waals surface area contributed by atoms with E-state index in [0.29, 0.717) is 4.57 Å². The van der Waals surface area contributed by atoms with Crippen molar-refractivity contribution in [1.29, 1.82) is 0 Å². The fourth-order valence-corrected chi connectivity index (χ4v) is 1.38. The Kier molecular flexibility index (Phi) is 2.32. The van der Waals surface area contributed by atoms with Crippen molar-refractivity contribution in [3.63, 3.8) is 0 Å². The molecule has 0 spiro atoms. The summed E-state index contributed by atoms with van der Waals surface area (Å²) in [6.45, 7) is 0. The summed E-state index contributed by atoms with van der Waals surface area (Å²) in [5.74, 6) is -1.80. The van der Waals surface area contributed by atoms with Crippen molar-refractivity contribution in [3.05, 3.63) is 44.7 Å². The average molecular weight is 237 g/mol. The van der Waals surface area contributed by atoms with Crippen LogP contribution < -0.4 is 11.4 Å². The number of carboxylic acids is 1. The topological polar surface area (TPSA) is 128 Å². The molecule has 1 heterocycles. The summed E-state index contributed by atoms with van der Waals surface area (Å²) in [7, 11) is 0. The number of benzene rings is 1. The predicted octanol–water partition coefficient (Wildman–Crippen LogP) is -0.742. The molecule has 2 aromatic rings. The molecule has 0 fully saturated rings. The molecular weight excluding hydrogens is 230 g/mol. The van der Waals surface area contributed by atoms with Crippen molar-refractivity contribution in [3.8, 4) is 11.4 Å². The molecule has 1 aromatic heterocycles. The van der Waals surface area contributed by atoms with Crippen molar-refractivity contribution in [1.82, 2.24) is 14.8 Å². The van der Waals surface area contributed by atoms with Crippen LogP contribution in [-0.4, -0.2) is 30.9 Å². The number of nitrogens with zero attached hydrogens (tertiary/aromatic N) is 1. The van der Waals surface area contributed by atoms with Gasteiger partial charge in [0.25, 0.3) is 0 Å². The van der Waals surface area contributed by atoms with Crippen LogP contribution in [0.1, 0.15) is 10.4 Å². The van der Waals surface area contributed by atoms with E-state index in [1.807, 2.05) is 0 Å². The van der Waals surface area contributed by atoms with Crippen molar-refractivity contribution >= 4 is 5.97 Å². The molecule has 88 valence electrons. The third-order valence-corrected chi connectivity index (χ3v) is 2.15. The van der Waals surface area contributed by atoms with Crippen molar-refractivity contribution < 1.29 is 15.0 Å². The Balaban J connectivity index is 2.70. The first-order valence-electron chi connectivity index (χ1n) is 4.47. The lowest BCUT2D eigenvalue weighted by atomic mass is 10.2. The van der Waals surface area contributed by atoms with Crippen LogP contribution in [-0.2, 0) is 0 Å². The second kappa shape index (κ2) is 3.67. The summed E-state index contributed by atoms with van der Waals surface area (Å²) in [5.41, 5.74) is -1.79. The zero-order valence-corrected chi connectivity index (χ0v) is 8.30. The summed E-state index contributed by atoms with van der Waals surface area (Å²) in [5, 5.41) is 22.2. The van der Waals surface area contributed by atoms with Crippen LogP contribution in [0.5, 0.6) is 5.75 Å². The van der Waals surface area contributed by atoms with Gasteiger partial charge in [0.2, 0.25) is 0 Å². The van der Waals surface area contributed by atoms with Crippen LogP contribution in [0.4, 0.5) is 0 Å². The van der Waals surface area contributed by atoms with Gasteiger partial charge in [0.15, 0.2) is 0 Å². The SMILES string of the molecule is O=C(O)c1cc(-n2c(=O)[nH][nH]c2=O)ccc1O. The molecule has 0 unspecified atom stereocenters. The van der Waals surface area contributed by atoms with Crippen LogP contribution in [0.3, 0.4) is 0 Å². The van der Waals surface area contributed by atoms with Gasteiger partial charge in [-0.25, -0.2) is 29.1 Å². The largest absolute Gasteiger partial charge is 0.507 e. The average Bonchev–Trinajstić information content (AvgIpc) is 2.59. The maximum absolute atomic E-state index is 11.3. The maximum atomic E-state index is 11.3. The highest BCUT2D eigenvalue weighted by Crippen LogP contribution is 2.19. The minimum Gasteiger partial charge on any atom is -0.507 e. The van der Waals surface area contributed by atoms with Gasteiger partial charge in [0, 0.05) is 0 Å². The number of nitrogens with one attached hydrogen (secondary N) is 2. The third kappa shape index (κ3) is 1.71. The number of rotatable bonds is 2. The van der Waals surface area contributed by atoms with Gasteiger partial charge in [-0.2, -0.15) is 0 Å². The Morgan fingerprint density at radius 1 is 1.18 bits per heavy atom. The molecule has 0 saturated heterocycles. The number of aromatic amines is 2. The fourth-order valence-electron chi connectivity index (χ4n) is 1.38. The number of aromatic nitrogens is 3. The van der Waals surface area contributed by atoms with Crippen molar-refractivity contribution in [2.45, 2.75) is 0 Å². The monoisotopic (exact) mass is 237 g/mol. The minimum atomic E-state index is -1.36. The molecule has 0 amide bonds. The molecule has 8 heteroatoms. The van der Waals surface area contributed by atoms with Crippen LogP contribution in [0.15, 0.2) is 27.8 Å². The van der Waals surface area contributed by atoms with Gasteiger partial charge in [-0.15, -0.1) is 0 Å². The standard InChI is InChI=1S/C9H7N3O5/c13-6-2-1-4(3-5(6)7(14)15)12-8(16)10-11-9(12)17/h1-3,13H,(H,10,16)(H,11,17)(H,14,15). The molecule has 1 aromatic carbocycles. The number of aromatic hydroxyl groups is 1. The highest BCUT2D eigenvalue weighted by atomic mass is 16.4. The van der Waals surface area contributed by atoms with Crippen molar-refractivity contribution in [2.24, 2.45) is 0 Å². The summed E-state index contributed by atoms with van der Waals surface area (Å²) >= 11 is 0. The summed E-state index contributed by atoms with van der Waals surface area (Å²) < 4.78 is 0.714. The van der Waals surface area contributed by atoms with Gasteiger partial charge in [0.05, 0.1) is 5.69 Å². The van der Waals surface area contributed by atoms with Crippen molar-refractivity contribution in [2.75, 3.05) is 0 Å². The molecule has 4 N–H and O–H groups in total. The van der Waals surface area contributed by atoms with E-state index in [4.69, 9.17) is 5.11 Å². The van der Waals surface area contributed by atoms with E-state index in [1.54, 1.807) is 0 Å². The van der Waals surface area contributed by atoms with Gasteiger partial charge in [-0.3, -0.25) is 0 Å². The number of carboxylic acid groups (broad SMARTS) is 1. The highest BCUT2D eigenvalue weighted by Gasteiger charge is 2.13. The van der Waals surface area contributed by atoms with Gasteiger partial charge in [0.1, 0.15) is 11.3 Å². The zero-order valence-electron chi connectivity index (χ0n) is 8.30. The number of H-pyrrole nitrogens is 2. The summed E-state index contributed by atoms with van der Waals surface area (Å²) in [6.07, 6.45) is 0. The second-order valence-electron chi connectivity index (χ2n) is 3.20. The molecule has 2 rings (SSSR count). The predicted molar refractivity (Wildman–Crippen MR) is 55.6 cm³/mol. The molecule has 0 aliphatic heterocycles. The summed E-state index contributed by atoms with van der Waals surface area (Å²) in [6, 6.07) is 3.38. The first kappa shape index (κ1) is 10.7. The molecular formula is C9H7N3O5. The smallest absolute Gasteiger partial charge is 0.348 e. The van der Waals surface area contributed by atoms with E-state index in [0.717, 1.165) is 12.1 Å². The maximum Gasteiger partial charge on any atom is 0.348 e. The van der Waals surface area contributed by atoms with E-state index in [-0.39, 0.29) is 5.69 Å². The first-order valence-corrected chi connectivity index (χ1v) is 4.47. The van der Waals surface area contributed by atoms with E-state index >= 15 is 0 Å². The van der Waals surface area contributed by atoms with Gasteiger partial charge < -0.3 is 10.2 Å². The zero-order chi connectivity index (χ0) is 12.6. The quantitative estimate of drug-likeness (QED) is 0.546. The van der Waals surface area contributed by atoms with Gasteiger partial charge in [-0.1, -0.05) is 0 Å². The lowest BCUT2D eigenvalue weighted by Gasteiger charge is -2.03. The molecule has 17 heavy (non-hydrogen) atoms. The Morgan fingerprint density at radius 2 is 1.76 bits per heavy atom. The minimum absolute atomic E-state index is 0.0488. The van der Waals surface area contributed by atoms with E-state index < -0.39 is 28.7 Å². The molecule has 0 bridgehead atoms. The lowest BCUT2D eigenvalue weighted by molar-refractivity contribution is 0.0693. The summed E-state index contributed by atoms with van der Waals surface area (Å²) in [4.78, 5) is 33.3. The third-order valence-electron chi connectivity index (χ3n) is 2.15. The van der Waals surface area contributed by atoms with Crippen LogP contribution in [0.2, 0.25) is 0 Å². The number of hydrogen-bond donors (Lipinski definition) is 4. The second-order valence-corrected chi connectivity index (χ2v) is 3.20. The number of aromatic carboxylic acids is 1. The van der Waals surface area contributed by atoms with Gasteiger partial charge >= 0.3 is 17.3 Å². The Labute approximate surface area is 92.8 Å². The Morgan fingerprint density at radius 3 is 2.29 bits per heavy atom. The molecule has 0 atom stereocenters. The molecule has 0 saturated carbocycles. The van der Waals surface area contributed by atoms with E-state index in [2.05, 4.69) is 10.2 Å². The molecule has 8 nitrogen and oxygen atoms in total. The number of phenols is 1. The molecule has 0 aliphatic carbocycles. The Bertz CT molecular complexity index is 666.